The van der Waals surface area contributed by atoms with Crippen LogP contribution >= 0.6 is 0 Å². The van der Waals surface area contributed by atoms with Crippen molar-refractivity contribution in [3.8, 4) is 17.2 Å². The van der Waals surface area contributed by atoms with Gasteiger partial charge in [-0.25, -0.2) is 0 Å². The summed E-state index contributed by atoms with van der Waals surface area (Å²) in [5, 5.41) is 11.5. The normalized spacial score (nSPS) is 15.9. The summed E-state index contributed by atoms with van der Waals surface area (Å²) in [4.78, 5) is 11.0. The van der Waals surface area contributed by atoms with E-state index in [0.29, 0.717) is 28.4 Å². The fourth-order valence-corrected chi connectivity index (χ4v) is 2.54. The summed E-state index contributed by atoms with van der Waals surface area (Å²) < 4.78 is 16.4. The number of fused-ring (bicyclic) bond motifs is 1. The Morgan fingerprint density at radius 2 is 1.91 bits per heavy atom. The van der Waals surface area contributed by atoms with Crippen molar-refractivity contribution in [1.82, 2.24) is 0 Å². The molecule has 0 saturated heterocycles. The van der Waals surface area contributed by atoms with Gasteiger partial charge in [-0.15, -0.1) is 0 Å². The fraction of sp³-hybridized carbons (Fsp3) is 0.176. The second-order valence-corrected chi connectivity index (χ2v) is 4.97. The molecule has 0 fully saturated rings. The van der Waals surface area contributed by atoms with Crippen LogP contribution < -0.4 is 14.2 Å². The van der Waals surface area contributed by atoms with Crippen molar-refractivity contribution in [3.05, 3.63) is 69.4 Å². The van der Waals surface area contributed by atoms with E-state index in [1.165, 1.54) is 13.2 Å². The van der Waals surface area contributed by atoms with Gasteiger partial charge >= 0.3 is 0 Å². The molecule has 1 heterocycles. The Bertz CT molecular complexity index is 784. The van der Waals surface area contributed by atoms with Gasteiger partial charge in [-0.2, -0.15) is 0 Å². The quantitative estimate of drug-likeness (QED) is 0.638. The van der Waals surface area contributed by atoms with Gasteiger partial charge in [0.15, 0.2) is 0 Å². The van der Waals surface area contributed by atoms with Crippen molar-refractivity contribution in [3.63, 3.8) is 0 Å². The van der Waals surface area contributed by atoms with Crippen LogP contribution in [0.5, 0.6) is 17.2 Å². The third-order valence-corrected chi connectivity index (χ3v) is 3.67. The standard InChI is InChI=1S/C17H15NO5/c1-21-12-8-7-11-9-14(18(19)20)17(23-16(11)10-12)13-5-3-4-6-15(13)22-2/h3-10,17H,1-2H3/t17-/m1/s1. The molecule has 0 spiro atoms. The molecule has 3 rings (SSSR count). The smallest absolute Gasteiger partial charge is 0.291 e. The summed E-state index contributed by atoms with van der Waals surface area (Å²) in [5.74, 6) is 1.70. The van der Waals surface area contributed by atoms with E-state index in [-0.39, 0.29) is 5.70 Å². The maximum absolute atomic E-state index is 11.5. The maximum atomic E-state index is 11.5. The lowest BCUT2D eigenvalue weighted by Crippen LogP contribution is -2.20. The van der Waals surface area contributed by atoms with Crippen LogP contribution in [0.25, 0.3) is 6.08 Å². The Morgan fingerprint density at radius 1 is 1.13 bits per heavy atom. The van der Waals surface area contributed by atoms with Crippen LogP contribution in [-0.2, 0) is 0 Å². The van der Waals surface area contributed by atoms with Gasteiger partial charge in [0.05, 0.1) is 19.1 Å². The molecule has 0 aromatic heterocycles. The summed E-state index contributed by atoms with van der Waals surface area (Å²) in [6.45, 7) is 0. The second kappa shape index (κ2) is 6.00. The summed E-state index contributed by atoms with van der Waals surface area (Å²) in [6, 6.07) is 12.3. The highest BCUT2D eigenvalue weighted by molar-refractivity contribution is 5.64. The number of methoxy groups -OCH3 is 2. The fourth-order valence-electron chi connectivity index (χ4n) is 2.54. The summed E-state index contributed by atoms with van der Waals surface area (Å²) in [6.07, 6.45) is 0.677. The number of rotatable bonds is 4. The average Bonchev–Trinajstić information content (AvgIpc) is 2.59. The molecule has 0 bridgehead atoms. The Kier molecular flexibility index (Phi) is 3.89. The van der Waals surface area contributed by atoms with Crippen molar-refractivity contribution < 1.29 is 19.1 Å². The molecular weight excluding hydrogens is 298 g/mol. The van der Waals surface area contributed by atoms with E-state index in [4.69, 9.17) is 14.2 Å². The van der Waals surface area contributed by atoms with E-state index >= 15 is 0 Å². The van der Waals surface area contributed by atoms with E-state index in [1.54, 1.807) is 49.6 Å². The summed E-state index contributed by atoms with van der Waals surface area (Å²) >= 11 is 0. The molecular formula is C17H15NO5. The van der Waals surface area contributed by atoms with E-state index in [2.05, 4.69) is 0 Å². The van der Waals surface area contributed by atoms with Crippen molar-refractivity contribution in [2.75, 3.05) is 14.2 Å². The predicted molar refractivity (Wildman–Crippen MR) is 84.3 cm³/mol. The zero-order valence-electron chi connectivity index (χ0n) is 12.7. The first kappa shape index (κ1) is 14.9. The molecule has 0 unspecified atom stereocenters. The van der Waals surface area contributed by atoms with Gasteiger partial charge in [0.2, 0.25) is 6.10 Å². The van der Waals surface area contributed by atoms with Crippen molar-refractivity contribution in [1.29, 1.82) is 0 Å². The number of nitrogens with zero attached hydrogens (tertiary/aromatic N) is 1. The lowest BCUT2D eigenvalue weighted by atomic mass is 10.00. The first-order valence-electron chi connectivity index (χ1n) is 6.97. The summed E-state index contributed by atoms with van der Waals surface area (Å²) in [7, 11) is 3.08. The lowest BCUT2D eigenvalue weighted by molar-refractivity contribution is -0.434. The molecule has 0 radical (unpaired) electrons. The first-order valence-corrected chi connectivity index (χ1v) is 6.97. The molecule has 2 aromatic carbocycles. The molecule has 1 atom stereocenters. The SMILES string of the molecule is COc1ccc2c(c1)O[C@H](c1ccccc1OC)C([N+](=O)[O-])=C2. The number of benzene rings is 2. The number of ether oxygens (including phenoxy) is 3. The van der Waals surface area contributed by atoms with Gasteiger partial charge in [-0.1, -0.05) is 18.2 Å². The van der Waals surface area contributed by atoms with Gasteiger partial charge in [-0.3, -0.25) is 10.1 Å². The predicted octanol–water partition coefficient (Wildman–Crippen LogP) is 3.46. The van der Waals surface area contributed by atoms with Gasteiger partial charge in [0, 0.05) is 23.3 Å². The van der Waals surface area contributed by atoms with E-state index in [0.717, 1.165) is 0 Å². The Labute approximate surface area is 133 Å². The molecule has 1 aliphatic heterocycles. The number of hydrogen-bond acceptors (Lipinski definition) is 5. The molecule has 0 amide bonds. The van der Waals surface area contributed by atoms with Crippen LogP contribution in [0.15, 0.2) is 48.2 Å². The molecule has 6 nitrogen and oxygen atoms in total. The molecule has 0 N–H and O–H groups in total. The minimum absolute atomic E-state index is 0.0350. The number of nitro groups is 1. The molecule has 23 heavy (non-hydrogen) atoms. The van der Waals surface area contributed by atoms with Gasteiger partial charge in [0.25, 0.3) is 5.70 Å². The van der Waals surface area contributed by atoms with E-state index in [1.807, 2.05) is 0 Å². The highest BCUT2D eigenvalue weighted by Crippen LogP contribution is 2.41. The largest absolute Gasteiger partial charge is 0.497 e. The van der Waals surface area contributed by atoms with Crippen LogP contribution in [-0.4, -0.2) is 19.1 Å². The van der Waals surface area contributed by atoms with Crippen molar-refractivity contribution in [2.45, 2.75) is 6.10 Å². The van der Waals surface area contributed by atoms with Gasteiger partial charge in [-0.05, 0) is 18.2 Å². The molecule has 6 heteroatoms. The molecule has 1 aliphatic rings. The monoisotopic (exact) mass is 313 g/mol. The van der Waals surface area contributed by atoms with Crippen LogP contribution in [0.1, 0.15) is 17.2 Å². The van der Waals surface area contributed by atoms with E-state index < -0.39 is 11.0 Å². The highest BCUT2D eigenvalue weighted by Gasteiger charge is 2.35. The zero-order chi connectivity index (χ0) is 16.4. The average molecular weight is 313 g/mol. The molecule has 2 aromatic rings. The first-order chi connectivity index (χ1) is 11.1. The van der Waals surface area contributed by atoms with Crippen molar-refractivity contribution >= 4 is 6.08 Å². The van der Waals surface area contributed by atoms with Gasteiger partial charge in [0.1, 0.15) is 17.2 Å². The Balaban J connectivity index is 2.12. The second-order valence-electron chi connectivity index (χ2n) is 4.97. The summed E-state index contributed by atoms with van der Waals surface area (Å²) in [5.41, 5.74) is 1.21. The maximum Gasteiger partial charge on any atom is 0.291 e. The molecule has 0 aliphatic carbocycles. The van der Waals surface area contributed by atoms with Crippen molar-refractivity contribution in [2.24, 2.45) is 0 Å². The third kappa shape index (κ3) is 2.70. The molecule has 118 valence electrons. The van der Waals surface area contributed by atoms with Crippen LogP contribution in [0, 0.1) is 10.1 Å². The van der Waals surface area contributed by atoms with Gasteiger partial charge < -0.3 is 14.2 Å². The zero-order valence-corrected chi connectivity index (χ0v) is 12.7. The Morgan fingerprint density at radius 3 is 2.61 bits per heavy atom. The van der Waals surface area contributed by atoms with E-state index in [9.17, 15) is 10.1 Å². The number of para-hydroxylation sites is 1. The third-order valence-electron chi connectivity index (χ3n) is 3.67. The van der Waals surface area contributed by atoms with Crippen LogP contribution in [0.2, 0.25) is 0 Å². The molecule has 0 saturated carbocycles. The minimum Gasteiger partial charge on any atom is -0.497 e. The highest BCUT2D eigenvalue weighted by atomic mass is 16.6. The van der Waals surface area contributed by atoms with Crippen LogP contribution in [0.3, 0.4) is 0 Å². The van der Waals surface area contributed by atoms with Crippen LogP contribution in [0.4, 0.5) is 0 Å². The lowest BCUT2D eigenvalue weighted by Gasteiger charge is -2.24. The Hall–Kier alpha value is -3.02. The topological polar surface area (TPSA) is 70.8 Å². The minimum atomic E-state index is -0.847. The number of hydrogen-bond donors (Lipinski definition) is 0.